The zero-order chi connectivity index (χ0) is 10.1. The Morgan fingerprint density at radius 3 is 2.00 bits per heavy atom. The fourth-order valence-corrected chi connectivity index (χ4v) is 0.634. The number of hydrogen-bond acceptors (Lipinski definition) is 3. The largest absolute Gasteiger partial charge is 1.00 e. The second-order valence-electron chi connectivity index (χ2n) is 2.28. The third-order valence-electron chi connectivity index (χ3n) is 1.27. The predicted molar refractivity (Wildman–Crippen MR) is 39.3 cm³/mol. The minimum Gasteiger partial charge on any atom is -0.445 e. The number of aromatic nitrogens is 2. The van der Waals surface area contributed by atoms with Gasteiger partial charge in [0, 0.05) is 12.4 Å². The number of nitrogens with zero attached hydrogens (tertiary/aromatic N) is 2. The van der Waals surface area contributed by atoms with Crippen LogP contribution in [-0.4, -0.2) is 22.9 Å². The number of rotatable bonds is 2. The van der Waals surface area contributed by atoms with Crippen LogP contribution in [0.25, 0.3) is 0 Å². The molecule has 1 heterocycles. The van der Waals surface area contributed by atoms with Gasteiger partial charge in [-0.2, -0.15) is 0 Å². The van der Waals surface area contributed by atoms with Crippen molar-refractivity contribution in [3.63, 3.8) is 0 Å². The van der Waals surface area contributed by atoms with Crippen LogP contribution in [0.5, 0.6) is 0 Å². The van der Waals surface area contributed by atoms with Gasteiger partial charge in [-0.05, 0) is 0 Å². The predicted octanol–water partition coefficient (Wildman–Crippen LogP) is -3.37. The summed E-state index contributed by atoms with van der Waals surface area (Å²) in [5, 5.41) is 0. The molecule has 0 aliphatic carbocycles. The molecular formula is C5H4BF3KN3O. The number of amides is 1. The van der Waals surface area contributed by atoms with Gasteiger partial charge >= 0.3 is 58.4 Å². The summed E-state index contributed by atoms with van der Waals surface area (Å²) in [5.74, 6) is -1.38. The van der Waals surface area contributed by atoms with E-state index in [1.807, 2.05) is 0 Å². The van der Waals surface area contributed by atoms with Crippen LogP contribution in [0.4, 0.5) is 12.9 Å². The van der Waals surface area contributed by atoms with Gasteiger partial charge in [0.05, 0.1) is 0 Å². The number of carbonyl (C=O) groups is 1. The van der Waals surface area contributed by atoms with E-state index in [2.05, 4.69) is 9.97 Å². The average molecular weight is 229 g/mol. The molecule has 0 radical (unpaired) electrons. The van der Waals surface area contributed by atoms with Gasteiger partial charge in [-0.1, -0.05) is 5.46 Å². The summed E-state index contributed by atoms with van der Waals surface area (Å²) in [6.07, 6.45) is 1.07. The van der Waals surface area contributed by atoms with Gasteiger partial charge in [0.15, 0.2) is 0 Å². The van der Waals surface area contributed by atoms with E-state index in [-0.39, 0.29) is 51.4 Å². The molecule has 70 valence electrons. The molecule has 0 bridgehead atoms. The maximum absolute atomic E-state index is 12.0. The second-order valence-corrected chi connectivity index (χ2v) is 2.28. The molecule has 4 nitrogen and oxygen atoms in total. The molecule has 0 aliphatic rings. The van der Waals surface area contributed by atoms with Gasteiger partial charge in [0.25, 0.3) is 5.91 Å². The fourth-order valence-electron chi connectivity index (χ4n) is 0.634. The topological polar surface area (TPSA) is 68.9 Å². The first-order valence-electron chi connectivity index (χ1n) is 3.23. The van der Waals surface area contributed by atoms with Crippen molar-refractivity contribution in [1.82, 2.24) is 9.97 Å². The fraction of sp³-hybridized carbons (Fsp3) is 0. The van der Waals surface area contributed by atoms with E-state index in [4.69, 9.17) is 5.73 Å². The minimum atomic E-state index is -5.12. The maximum atomic E-state index is 12.0. The van der Waals surface area contributed by atoms with Crippen molar-refractivity contribution in [2.75, 3.05) is 0 Å². The SMILES string of the molecule is NC(=O)c1ncc([B-](F)(F)F)cn1.[K+]. The molecule has 0 aromatic carbocycles. The van der Waals surface area contributed by atoms with Gasteiger partial charge in [-0.3, -0.25) is 4.79 Å². The smallest absolute Gasteiger partial charge is 0.445 e. The Kier molecular flexibility index (Phi) is 5.23. The number of primary amides is 1. The molecule has 2 N–H and O–H groups in total. The molecule has 0 unspecified atom stereocenters. The van der Waals surface area contributed by atoms with Crippen molar-refractivity contribution in [2.24, 2.45) is 5.73 Å². The molecule has 1 aromatic rings. The van der Waals surface area contributed by atoms with Crippen LogP contribution >= 0.6 is 0 Å². The van der Waals surface area contributed by atoms with Crippen LogP contribution in [-0.2, 0) is 0 Å². The third-order valence-corrected chi connectivity index (χ3v) is 1.27. The number of halogens is 3. The molecule has 0 fully saturated rings. The van der Waals surface area contributed by atoms with Crippen LogP contribution < -0.4 is 62.6 Å². The van der Waals surface area contributed by atoms with Crippen molar-refractivity contribution in [1.29, 1.82) is 0 Å². The van der Waals surface area contributed by atoms with Crippen molar-refractivity contribution >= 4 is 18.3 Å². The molecule has 14 heavy (non-hydrogen) atoms. The molecule has 0 spiro atoms. The zero-order valence-corrected chi connectivity index (χ0v) is 10.4. The monoisotopic (exact) mass is 229 g/mol. The van der Waals surface area contributed by atoms with Crippen molar-refractivity contribution in [3.05, 3.63) is 18.2 Å². The van der Waals surface area contributed by atoms with Crippen molar-refractivity contribution in [2.45, 2.75) is 0 Å². The Morgan fingerprint density at radius 1 is 1.29 bits per heavy atom. The van der Waals surface area contributed by atoms with Crippen molar-refractivity contribution in [3.8, 4) is 0 Å². The third kappa shape index (κ3) is 3.65. The first kappa shape index (κ1) is 14.0. The summed E-state index contributed by atoms with van der Waals surface area (Å²) in [6.45, 7) is -5.12. The molecule has 9 heteroatoms. The zero-order valence-electron chi connectivity index (χ0n) is 7.25. The maximum Gasteiger partial charge on any atom is 1.00 e. The van der Waals surface area contributed by atoms with Gasteiger partial charge in [0.1, 0.15) is 0 Å². The summed E-state index contributed by atoms with van der Waals surface area (Å²) in [5.41, 5.74) is 3.78. The standard InChI is InChI=1S/C5H4BF3N3O.K/c7-6(8,9)3-1-11-5(4(10)13)12-2-3;/h1-2H,(H2,10,13);/q-1;+1. The molecule has 0 atom stereocenters. The van der Waals surface area contributed by atoms with Gasteiger partial charge in [0.2, 0.25) is 5.82 Å². The van der Waals surface area contributed by atoms with E-state index >= 15 is 0 Å². The van der Waals surface area contributed by atoms with E-state index < -0.39 is 24.2 Å². The Hall–Kier alpha value is 0.0413. The van der Waals surface area contributed by atoms with Crippen LogP contribution in [0.3, 0.4) is 0 Å². The Morgan fingerprint density at radius 2 is 1.71 bits per heavy atom. The van der Waals surface area contributed by atoms with Crippen molar-refractivity contribution < 1.29 is 69.1 Å². The van der Waals surface area contributed by atoms with Crippen LogP contribution in [0.1, 0.15) is 10.6 Å². The first-order valence-corrected chi connectivity index (χ1v) is 3.23. The summed E-state index contributed by atoms with van der Waals surface area (Å²) in [4.78, 5) is 16.7. The Bertz CT molecular complexity index is 328. The van der Waals surface area contributed by atoms with Gasteiger partial charge in [-0.25, -0.2) is 9.97 Å². The first-order chi connectivity index (χ1) is 5.91. The van der Waals surface area contributed by atoms with Gasteiger partial charge in [-0.15, -0.1) is 0 Å². The van der Waals surface area contributed by atoms with Gasteiger partial charge < -0.3 is 18.7 Å². The summed E-state index contributed by atoms with van der Waals surface area (Å²) >= 11 is 0. The number of carbonyl (C=O) groups excluding carboxylic acids is 1. The number of nitrogens with two attached hydrogens (primary N) is 1. The van der Waals surface area contributed by atoms with E-state index in [1.165, 1.54) is 0 Å². The number of hydrogen-bond donors (Lipinski definition) is 1. The van der Waals surface area contributed by atoms with Crippen LogP contribution in [0.2, 0.25) is 0 Å². The van der Waals surface area contributed by atoms with E-state index in [0.29, 0.717) is 12.4 Å². The minimum absolute atomic E-state index is 0. The molecule has 0 saturated carbocycles. The second kappa shape index (κ2) is 5.22. The summed E-state index contributed by atoms with van der Waals surface area (Å²) < 4.78 is 36.0. The Labute approximate surface area is 120 Å². The molecule has 1 rings (SSSR count). The van der Waals surface area contributed by atoms with Crippen LogP contribution in [0, 0.1) is 0 Å². The van der Waals surface area contributed by atoms with E-state index in [9.17, 15) is 17.7 Å². The van der Waals surface area contributed by atoms with Crippen LogP contribution in [0.15, 0.2) is 12.4 Å². The molecule has 1 amide bonds. The quantitative estimate of drug-likeness (QED) is 0.538. The van der Waals surface area contributed by atoms with E-state index in [1.54, 1.807) is 0 Å². The summed E-state index contributed by atoms with van der Waals surface area (Å²) in [6, 6.07) is 0. The summed E-state index contributed by atoms with van der Waals surface area (Å²) in [7, 11) is 0. The average Bonchev–Trinajstić information content (AvgIpc) is 2.03. The molecular weight excluding hydrogens is 225 g/mol. The van der Waals surface area contributed by atoms with E-state index in [0.717, 1.165) is 0 Å². The molecule has 0 saturated heterocycles. The normalized spacial score (nSPS) is 10.5. The molecule has 1 aromatic heterocycles. The Balaban J connectivity index is 0.00000169. The molecule has 0 aliphatic heterocycles.